The Balaban J connectivity index is 1.62. The minimum atomic E-state index is -4.47. The molecule has 1 fully saturated rings. The molecule has 12 heteroatoms. The number of nitrogens with zero attached hydrogens (tertiary/aromatic N) is 4. The van der Waals surface area contributed by atoms with Gasteiger partial charge in [0, 0.05) is 51.7 Å². The van der Waals surface area contributed by atoms with E-state index < -0.39 is 23.4 Å². The number of hydrogen-bond donors (Lipinski definition) is 2. The zero-order valence-corrected chi connectivity index (χ0v) is 18.0. The molecule has 2 heterocycles. The molecule has 0 aromatic carbocycles. The smallest absolute Gasteiger partial charge is 0.419 e. The zero-order chi connectivity index (χ0) is 23.1. The molecule has 0 saturated carbocycles. The summed E-state index contributed by atoms with van der Waals surface area (Å²) in [5.74, 6) is 0.213. The summed E-state index contributed by atoms with van der Waals surface area (Å²) in [4.78, 5) is 34.7. The van der Waals surface area contributed by atoms with E-state index in [1.807, 2.05) is 0 Å². The molecule has 1 aliphatic rings. The third-order valence-corrected chi connectivity index (χ3v) is 4.36. The Labute approximate surface area is 179 Å². The summed E-state index contributed by atoms with van der Waals surface area (Å²) < 4.78 is 42.9. The summed E-state index contributed by atoms with van der Waals surface area (Å²) >= 11 is 0. The summed E-state index contributed by atoms with van der Waals surface area (Å²) in [6.07, 6.45) is -2.02. The average molecular weight is 446 g/mol. The molecular formula is C19H29F3N6O3. The Kier molecular flexibility index (Phi) is 8.28. The molecule has 1 aliphatic heterocycles. The predicted molar refractivity (Wildman–Crippen MR) is 108 cm³/mol. The molecule has 2 rings (SSSR count). The van der Waals surface area contributed by atoms with Crippen LogP contribution >= 0.6 is 0 Å². The van der Waals surface area contributed by atoms with Crippen molar-refractivity contribution in [2.24, 2.45) is 0 Å². The van der Waals surface area contributed by atoms with Crippen LogP contribution in [0.3, 0.4) is 0 Å². The third-order valence-electron chi connectivity index (χ3n) is 4.36. The van der Waals surface area contributed by atoms with Crippen LogP contribution in [-0.4, -0.2) is 71.9 Å². The lowest BCUT2D eigenvalue weighted by Gasteiger charge is -2.34. The molecule has 31 heavy (non-hydrogen) atoms. The van der Waals surface area contributed by atoms with Crippen molar-refractivity contribution in [1.82, 2.24) is 25.5 Å². The van der Waals surface area contributed by atoms with E-state index >= 15 is 0 Å². The van der Waals surface area contributed by atoms with Gasteiger partial charge in [-0.25, -0.2) is 19.6 Å². The van der Waals surface area contributed by atoms with Crippen molar-refractivity contribution in [2.45, 2.75) is 45.4 Å². The number of ether oxygens (including phenoxy) is 1. The number of alkyl carbamates (subject to hydrolysis) is 1. The van der Waals surface area contributed by atoms with Crippen molar-refractivity contribution < 1.29 is 27.5 Å². The molecule has 1 aromatic heterocycles. The highest BCUT2D eigenvalue weighted by atomic mass is 19.4. The molecule has 0 aliphatic carbocycles. The van der Waals surface area contributed by atoms with Crippen LogP contribution in [0.4, 0.5) is 28.7 Å². The van der Waals surface area contributed by atoms with Crippen molar-refractivity contribution >= 4 is 18.1 Å². The first-order valence-corrected chi connectivity index (χ1v) is 10.1. The third kappa shape index (κ3) is 8.46. The molecule has 2 N–H and O–H groups in total. The summed E-state index contributed by atoms with van der Waals surface area (Å²) in [6.45, 7) is 7.98. The summed E-state index contributed by atoms with van der Waals surface area (Å²) in [6, 6.07) is -0.201. The maximum Gasteiger partial charge on any atom is 0.419 e. The van der Waals surface area contributed by atoms with Crippen LogP contribution < -0.4 is 15.5 Å². The van der Waals surface area contributed by atoms with Crippen LogP contribution in [0.25, 0.3) is 0 Å². The van der Waals surface area contributed by atoms with Gasteiger partial charge in [0.2, 0.25) is 5.95 Å². The lowest BCUT2D eigenvalue weighted by Crippen LogP contribution is -2.52. The van der Waals surface area contributed by atoms with Crippen LogP contribution in [0.2, 0.25) is 0 Å². The van der Waals surface area contributed by atoms with Crippen LogP contribution in [0.15, 0.2) is 12.4 Å². The maximum atomic E-state index is 12.6. The molecule has 0 unspecified atom stereocenters. The number of nitrogens with one attached hydrogen (secondary N) is 2. The van der Waals surface area contributed by atoms with Gasteiger partial charge in [-0.1, -0.05) is 0 Å². The number of carbonyl (C=O) groups is 2. The second-order valence-electron chi connectivity index (χ2n) is 8.11. The highest BCUT2D eigenvalue weighted by molar-refractivity contribution is 5.74. The number of unbranched alkanes of at least 4 members (excludes halogenated alkanes) is 1. The van der Waals surface area contributed by atoms with Crippen molar-refractivity contribution in [2.75, 3.05) is 44.2 Å². The number of hydrogen-bond acceptors (Lipinski definition) is 6. The van der Waals surface area contributed by atoms with Gasteiger partial charge in [-0.05, 0) is 33.6 Å². The molecule has 0 spiro atoms. The largest absolute Gasteiger partial charge is 0.444 e. The molecule has 3 amide bonds. The minimum Gasteiger partial charge on any atom is -0.444 e. The Bertz CT molecular complexity index is 729. The minimum absolute atomic E-state index is 0.201. The number of anilines is 1. The normalized spacial score (nSPS) is 14.9. The standard InChI is InChI=1S/C19H29F3N6O3/c1-18(2,3)31-17(30)24-7-5-4-6-23-16(29)28-10-8-27(9-11-28)15-25-12-14(13-26-15)19(20,21)22/h12-13H,4-11H2,1-3H3,(H,23,29)(H,24,30). The van der Waals surface area contributed by atoms with Crippen molar-refractivity contribution in [3.8, 4) is 0 Å². The van der Waals surface area contributed by atoms with Crippen molar-refractivity contribution in [1.29, 1.82) is 0 Å². The quantitative estimate of drug-likeness (QED) is 0.652. The molecule has 1 aromatic rings. The van der Waals surface area contributed by atoms with Gasteiger partial charge in [0.05, 0.1) is 5.56 Å². The molecular weight excluding hydrogens is 417 g/mol. The van der Waals surface area contributed by atoms with Gasteiger partial charge in [-0.15, -0.1) is 0 Å². The second-order valence-corrected chi connectivity index (χ2v) is 8.11. The molecule has 9 nitrogen and oxygen atoms in total. The van der Waals surface area contributed by atoms with Crippen LogP contribution in [-0.2, 0) is 10.9 Å². The van der Waals surface area contributed by atoms with Crippen molar-refractivity contribution in [3.63, 3.8) is 0 Å². The molecule has 0 radical (unpaired) electrons. The number of urea groups is 1. The van der Waals surface area contributed by atoms with E-state index in [-0.39, 0.29) is 12.0 Å². The Morgan fingerprint density at radius 2 is 1.55 bits per heavy atom. The van der Waals surface area contributed by atoms with E-state index in [1.165, 1.54) is 0 Å². The van der Waals surface area contributed by atoms with Gasteiger partial charge >= 0.3 is 18.3 Å². The Hall–Kier alpha value is -2.79. The number of amides is 3. The first-order valence-electron chi connectivity index (χ1n) is 10.1. The number of halogens is 3. The Morgan fingerprint density at radius 3 is 2.06 bits per heavy atom. The van der Waals surface area contributed by atoms with E-state index in [0.29, 0.717) is 52.1 Å². The fourth-order valence-corrected chi connectivity index (χ4v) is 2.80. The molecule has 0 bridgehead atoms. The number of rotatable bonds is 6. The van der Waals surface area contributed by atoms with Gasteiger partial charge in [-0.2, -0.15) is 13.2 Å². The van der Waals surface area contributed by atoms with E-state index in [4.69, 9.17) is 4.74 Å². The fourth-order valence-electron chi connectivity index (χ4n) is 2.80. The van der Waals surface area contributed by atoms with Gasteiger partial charge < -0.3 is 25.2 Å². The molecule has 174 valence electrons. The number of carbonyl (C=O) groups excluding carboxylic acids is 2. The highest BCUT2D eigenvalue weighted by Gasteiger charge is 2.32. The molecule has 0 atom stereocenters. The summed E-state index contributed by atoms with van der Waals surface area (Å²) in [5.41, 5.74) is -1.43. The molecule has 1 saturated heterocycles. The first kappa shape index (κ1) is 24.5. The number of piperazine rings is 1. The lowest BCUT2D eigenvalue weighted by atomic mass is 10.2. The van der Waals surface area contributed by atoms with E-state index in [9.17, 15) is 22.8 Å². The van der Waals surface area contributed by atoms with Crippen LogP contribution in [0.1, 0.15) is 39.2 Å². The van der Waals surface area contributed by atoms with Crippen molar-refractivity contribution in [3.05, 3.63) is 18.0 Å². The van der Waals surface area contributed by atoms with Crippen LogP contribution in [0, 0.1) is 0 Å². The lowest BCUT2D eigenvalue weighted by molar-refractivity contribution is -0.138. The van der Waals surface area contributed by atoms with Crippen LogP contribution in [0.5, 0.6) is 0 Å². The van der Waals surface area contributed by atoms with Gasteiger partial charge in [0.15, 0.2) is 0 Å². The second kappa shape index (κ2) is 10.5. The number of aromatic nitrogens is 2. The van der Waals surface area contributed by atoms with Gasteiger partial charge in [0.25, 0.3) is 0 Å². The highest BCUT2D eigenvalue weighted by Crippen LogP contribution is 2.28. The SMILES string of the molecule is CC(C)(C)OC(=O)NCCCCNC(=O)N1CCN(c2ncc(C(F)(F)F)cn2)CC1. The topological polar surface area (TPSA) is 99.7 Å². The van der Waals surface area contributed by atoms with E-state index in [1.54, 1.807) is 30.6 Å². The maximum absolute atomic E-state index is 12.6. The monoisotopic (exact) mass is 446 g/mol. The Morgan fingerprint density at radius 1 is 1.00 bits per heavy atom. The summed E-state index contributed by atoms with van der Waals surface area (Å²) in [5, 5.41) is 5.48. The van der Waals surface area contributed by atoms with Gasteiger partial charge in [-0.3, -0.25) is 0 Å². The number of alkyl halides is 3. The predicted octanol–water partition coefficient (Wildman–Crippen LogP) is 2.63. The van der Waals surface area contributed by atoms with E-state index in [2.05, 4.69) is 20.6 Å². The fraction of sp³-hybridized carbons (Fsp3) is 0.684. The van der Waals surface area contributed by atoms with E-state index in [0.717, 1.165) is 12.4 Å². The summed E-state index contributed by atoms with van der Waals surface area (Å²) in [7, 11) is 0. The first-order chi connectivity index (χ1) is 14.5. The average Bonchev–Trinajstić information content (AvgIpc) is 2.68. The van der Waals surface area contributed by atoms with Gasteiger partial charge in [0.1, 0.15) is 5.60 Å². The zero-order valence-electron chi connectivity index (χ0n) is 18.0.